The van der Waals surface area contributed by atoms with E-state index >= 15 is 0 Å². The maximum atomic E-state index is 2.47. The molecule has 0 spiro atoms. The molecule has 0 saturated heterocycles. The van der Waals surface area contributed by atoms with Gasteiger partial charge in [0.25, 0.3) is 0 Å². The highest BCUT2D eigenvalue weighted by Crippen LogP contribution is 2.47. The first-order valence-electron chi connectivity index (χ1n) is 6.57. The SMILES string of the molecule is CCCCC(C)C(C)C(C)C1CC1C. The molecule has 1 saturated carbocycles. The Hall–Kier alpha value is 0. The van der Waals surface area contributed by atoms with Crippen LogP contribution in [0, 0.1) is 29.6 Å². The molecule has 0 N–H and O–H groups in total. The summed E-state index contributed by atoms with van der Waals surface area (Å²) in [5.41, 5.74) is 0. The Morgan fingerprint density at radius 3 is 2.21 bits per heavy atom. The molecule has 0 nitrogen and oxygen atoms in total. The van der Waals surface area contributed by atoms with E-state index in [1.54, 1.807) is 0 Å². The molecule has 1 aliphatic rings. The lowest BCUT2D eigenvalue weighted by molar-refractivity contribution is 0.233. The van der Waals surface area contributed by atoms with Gasteiger partial charge in [-0.3, -0.25) is 0 Å². The van der Waals surface area contributed by atoms with Gasteiger partial charge in [0, 0.05) is 0 Å². The normalized spacial score (nSPS) is 32.4. The Balaban J connectivity index is 2.27. The third-order valence-electron chi connectivity index (χ3n) is 4.59. The molecular formula is C14H28. The first-order chi connectivity index (χ1) is 6.57. The van der Waals surface area contributed by atoms with Gasteiger partial charge in [-0.05, 0) is 36.0 Å². The summed E-state index contributed by atoms with van der Waals surface area (Å²) in [6.45, 7) is 12.1. The average Bonchev–Trinajstić information content (AvgIpc) is 2.89. The zero-order valence-corrected chi connectivity index (χ0v) is 10.7. The van der Waals surface area contributed by atoms with E-state index in [1.807, 2.05) is 0 Å². The zero-order chi connectivity index (χ0) is 10.7. The van der Waals surface area contributed by atoms with Crippen LogP contribution in [-0.2, 0) is 0 Å². The van der Waals surface area contributed by atoms with Gasteiger partial charge in [0.15, 0.2) is 0 Å². The van der Waals surface area contributed by atoms with Crippen molar-refractivity contribution in [3.63, 3.8) is 0 Å². The fourth-order valence-corrected chi connectivity index (χ4v) is 2.78. The Kier molecular flexibility index (Phi) is 4.47. The number of rotatable bonds is 6. The largest absolute Gasteiger partial charge is 0.0654 e. The van der Waals surface area contributed by atoms with Crippen molar-refractivity contribution in [2.45, 2.75) is 60.3 Å². The molecule has 0 aromatic rings. The maximum Gasteiger partial charge on any atom is -0.0357 e. The number of unbranched alkanes of at least 4 members (excludes halogenated alkanes) is 1. The summed E-state index contributed by atoms with van der Waals surface area (Å²) in [7, 11) is 0. The molecule has 1 fully saturated rings. The minimum Gasteiger partial charge on any atom is -0.0654 e. The highest BCUT2D eigenvalue weighted by molar-refractivity contribution is 4.89. The van der Waals surface area contributed by atoms with Crippen molar-refractivity contribution in [2.24, 2.45) is 29.6 Å². The van der Waals surface area contributed by atoms with Crippen LogP contribution in [0.25, 0.3) is 0 Å². The molecule has 1 aliphatic carbocycles. The molecule has 5 atom stereocenters. The predicted octanol–water partition coefficient (Wildman–Crippen LogP) is 4.74. The Morgan fingerprint density at radius 2 is 1.79 bits per heavy atom. The van der Waals surface area contributed by atoms with Crippen molar-refractivity contribution in [1.82, 2.24) is 0 Å². The molecule has 5 unspecified atom stereocenters. The van der Waals surface area contributed by atoms with E-state index in [9.17, 15) is 0 Å². The minimum atomic E-state index is 0.927. The molecule has 0 aromatic carbocycles. The lowest BCUT2D eigenvalue weighted by Gasteiger charge is -2.26. The molecular weight excluding hydrogens is 168 g/mol. The van der Waals surface area contributed by atoms with Crippen molar-refractivity contribution >= 4 is 0 Å². The smallest absolute Gasteiger partial charge is 0.0357 e. The number of hydrogen-bond acceptors (Lipinski definition) is 0. The zero-order valence-electron chi connectivity index (χ0n) is 10.7. The Bertz CT molecular complexity index is 161. The first-order valence-corrected chi connectivity index (χ1v) is 6.57. The van der Waals surface area contributed by atoms with Crippen LogP contribution in [0.15, 0.2) is 0 Å². The standard InChI is InChI=1S/C14H28/c1-6-7-8-10(2)12(4)13(5)14-9-11(14)3/h10-14H,6-9H2,1-5H3. The molecule has 0 aromatic heterocycles. The van der Waals surface area contributed by atoms with E-state index in [0.29, 0.717) is 0 Å². The van der Waals surface area contributed by atoms with Crippen LogP contribution >= 0.6 is 0 Å². The fourth-order valence-electron chi connectivity index (χ4n) is 2.78. The molecule has 1 rings (SSSR count). The number of hydrogen-bond donors (Lipinski definition) is 0. The van der Waals surface area contributed by atoms with Gasteiger partial charge in [0.2, 0.25) is 0 Å². The van der Waals surface area contributed by atoms with Crippen molar-refractivity contribution in [2.75, 3.05) is 0 Å². The predicted molar refractivity (Wildman–Crippen MR) is 64.3 cm³/mol. The third kappa shape index (κ3) is 3.00. The molecule has 0 amide bonds. The topological polar surface area (TPSA) is 0 Å². The van der Waals surface area contributed by atoms with Gasteiger partial charge in [-0.25, -0.2) is 0 Å². The molecule has 84 valence electrons. The summed E-state index contributed by atoms with van der Waals surface area (Å²) in [4.78, 5) is 0. The van der Waals surface area contributed by atoms with Gasteiger partial charge in [-0.2, -0.15) is 0 Å². The monoisotopic (exact) mass is 196 g/mol. The molecule has 0 bridgehead atoms. The van der Waals surface area contributed by atoms with Gasteiger partial charge in [0.1, 0.15) is 0 Å². The molecule has 0 heteroatoms. The van der Waals surface area contributed by atoms with Crippen LogP contribution < -0.4 is 0 Å². The van der Waals surface area contributed by atoms with Crippen molar-refractivity contribution in [1.29, 1.82) is 0 Å². The third-order valence-corrected chi connectivity index (χ3v) is 4.59. The molecule has 0 aliphatic heterocycles. The van der Waals surface area contributed by atoms with Gasteiger partial charge in [-0.15, -0.1) is 0 Å². The van der Waals surface area contributed by atoms with Crippen LogP contribution in [-0.4, -0.2) is 0 Å². The quantitative estimate of drug-likeness (QED) is 0.575. The summed E-state index contributed by atoms with van der Waals surface area (Å²) in [5.74, 6) is 4.88. The van der Waals surface area contributed by atoms with Crippen molar-refractivity contribution in [3.05, 3.63) is 0 Å². The molecule has 14 heavy (non-hydrogen) atoms. The Morgan fingerprint density at radius 1 is 1.21 bits per heavy atom. The second kappa shape index (κ2) is 5.19. The summed E-state index contributed by atoms with van der Waals surface area (Å²) >= 11 is 0. The highest BCUT2D eigenvalue weighted by Gasteiger charge is 2.39. The van der Waals surface area contributed by atoms with E-state index < -0.39 is 0 Å². The lowest BCUT2D eigenvalue weighted by Crippen LogP contribution is -2.18. The second-order valence-corrected chi connectivity index (χ2v) is 5.71. The average molecular weight is 196 g/mol. The van der Waals surface area contributed by atoms with Crippen LogP contribution in [0.1, 0.15) is 60.3 Å². The highest BCUT2D eigenvalue weighted by atomic mass is 14.4. The fraction of sp³-hybridized carbons (Fsp3) is 1.00. The minimum absolute atomic E-state index is 0.927. The van der Waals surface area contributed by atoms with Crippen molar-refractivity contribution in [3.8, 4) is 0 Å². The van der Waals surface area contributed by atoms with Gasteiger partial charge in [-0.1, -0.05) is 53.9 Å². The van der Waals surface area contributed by atoms with E-state index in [1.165, 1.54) is 25.7 Å². The van der Waals surface area contributed by atoms with Crippen molar-refractivity contribution < 1.29 is 0 Å². The van der Waals surface area contributed by atoms with Crippen LogP contribution in [0.2, 0.25) is 0 Å². The van der Waals surface area contributed by atoms with E-state index in [0.717, 1.165) is 29.6 Å². The summed E-state index contributed by atoms with van der Waals surface area (Å²) in [5, 5.41) is 0. The second-order valence-electron chi connectivity index (χ2n) is 5.71. The molecule has 0 heterocycles. The lowest BCUT2D eigenvalue weighted by atomic mass is 9.79. The van der Waals surface area contributed by atoms with Crippen LogP contribution in [0.3, 0.4) is 0 Å². The van der Waals surface area contributed by atoms with Gasteiger partial charge >= 0.3 is 0 Å². The maximum absolute atomic E-state index is 2.47. The van der Waals surface area contributed by atoms with Gasteiger partial charge in [0.05, 0.1) is 0 Å². The summed E-state index contributed by atoms with van der Waals surface area (Å²) in [6, 6.07) is 0. The first kappa shape index (κ1) is 12.1. The van der Waals surface area contributed by atoms with E-state index in [2.05, 4.69) is 34.6 Å². The summed E-state index contributed by atoms with van der Waals surface area (Å²) < 4.78 is 0. The molecule has 0 radical (unpaired) electrons. The van der Waals surface area contributed by atoms with Gasteiger partial charge < -0.3 is 0 Å². The van der Waals surface area contributed by atoms with E-state index in [-0.39, 0.29) is 0 Å². The van der Waals surface area contributed by atoms with Crippen LogP contribution in [0.4, 0.5) is 0 Å². The summed E-state index contributed by atoms with van der Waals surface area (Å²) in [6.07, 6.45) is 5.69. The van der Waals surface area contributed by atoms with E-state index in [4.69, 9.17) is 0 Å². The Labute approximate surface area is 90.5 Å². The van der Waals surface area contributed by atoms with Crippen LogP contribution in [0.5, 0.6) is 0 Å².